The van der Waals surface area contributed by atoms with Crippen molar-refractivity contribution in [2.24, 2.45) is 0 Å². The Balaban J connectivity index is 0. The van der Waals surface area contributed by atoms with E-state index >= 15 is 0 Å². The second-order valence-electron chi connectivity index (χ2n) is 2.47. The van der Waals surface area contributed by atoms with Crippen molar-refractivity contribution in [1.29, 1.82) is 0 Å². The Labute approximate surface area is 81.5 Å². The van der Waals surface area contributed by atoms with Crippen molar-refractivity contribution in [3.8, 4) is 0 Å². The zero-order chi connectivity index (χ0) is 11.7. The smallest absolute Gasteiger partial charge is 0.468 e. The molecule has 0 bridgehead atoms. The molecule has 84 valence electrons. The van der Waals surface area contributed by atoms with E-state index in [1.807, 2.05) is 0 Å². The molecule has 0 radical (unpaired) electrons. The number of likely N-dealkylation sites (N-methyl/N-ethyl adjacent to an activating group) is 1. The van der Waals surface area contributed by atoms with Gasteiger partial charge in [-0.25, -0.2) is 4.79 Å². The highest BCUT2D eigenvalue weighted by molar-refractivity contribution is 5.75. The molecule has 0 saturated carbocycles. The van der Waals surface area contributed by atoms with E-state index in [1.54, 1.807) is 19.0 Å². The normalized spacial score (nSPS) is 11.2. The molecule has 0 aliphatic heterocycles. The summed E-state index contributed by atoms with van der Waals surface area (Å²) >= 11 is 0. The van der Waals surface area contributed by atoms with Crippen LogP contribution in [0, 0.1) is 0 Å². The standard InChI is InChI=1S/C6H13NO3.CH2O3/c1-7(2)5(4-8)6(9)10-3;2-1(3)4/h5,8H,4H2,1-3H3;(H2,2,3,4)/t5-;/m0./s1. The van der Waals surface area contributed by atoms with Gasteiger partial charge in [0.25, 0.3) is 0 Å². The van der Waals surface area contributed by atoms with E-state index in [0.29, 0.717) is 0 Å². The summed E-state index contributed by atoms with van der Waals surface area (Å²) in [4.78, 5) is 20.9. The Kier molecular flexibility index (Phi) is 8.94. The van der Waals surface area contributed by atoms with Crippen LogP contribution in [0.4, 0.5) is 4.79 Å². The molecule has 0 aromatic rings. The molecule has 0 spiro atoms. The number of hydrogen-bond donors (Lipinski definition) is 3. The number of rotatable bonds is 3. The van der Waals surface area contributed by atoms with Gasteiger partial charge in [0.1, 0.15) is 6.04 Å². The van der Waals surface area contributed by atoms with Crippen LogP contribution in [0.5, 0.6) is 0 Å². The molecule has 7 nitrogen and oxygen atoms in total. The fourth-order valence-electron chi connectivity index (χ4n) is 0.585. The lowest BCUT2D eigenvalue weighted by molar-refractivity contribution is -0.147. The summed E-state index contributed by atoms with van der Waals surface area (Å²) in [6.07, 6.45) is -1.83. The summed E-state index contributed by atoms with van der Waals surface area (Å²) in [6, 6.07) is -0.537. The van der Waals surface area contributed by atoms with Gasteiger partial charge in [0.15, 0.2) is 0 Å². The Bertz CT molecular complexity index is 177. The zero-order valence-corrected chi connectivity index (χ0v) is 8.30. The average molecular weight is 209 g/mol. The van der Waals surface area contributed by atoms with E-state index in [1.165, 1.54) is 7.11 Å². The van der Waals surface area contributed by atoms with Crippen molar-refractivity contribution >= 4 is 12.1 Å². The van der Waals surface area contributed by atoms with Crippen molar-refractivity contribution < 1.29 is 29.6 Å². The highest BCUT2D eigenvalue weighted by Gasteiger charge is 2.19. The minimum atomic E-state index is -1.83. The van der Waals surface area contributed by atoms with Crippen LogP contribution in [-0.2, 0) is 9.53 Å². The first-order valence-corrected chi connectivity index (χ1v) is 3.63. The van der Waals surface area contributed by atoms with Crippen LogP contribution in [0.25, 0.3) is 0 Å². The molecule has 0 saturated heterocycles. The van der Waals surface area contributed by atoms with E-state index in [0.717, 1.165) is 0 Å². The van der Waals surface area contributed by atoms with Gasteiger partial charge in [0.2, 0.25) is 0 Å². The summed E-state index contributed by atoms with van der Waals surface area (Å²) in [6.45, 7) is -0.209. The number of carbonyl (C=O) groups is 2. The zero-order valence-electron chi connectivity index (χ0n) is 8.30. The van der Waals surface area contributed by atoms with E-state index < -0.39 is 18.2 Å². The van der Waals surface area contributed by atoms with Crippen LogP contribution >= 0.6 is 0 Å². The van der Waals surface area contributed by atoms with Gasteiger partial charge in [-0.2, -0.15) is 0 Å². The number of carboxylic acid groups (broad SMARTS) is 2. The van der Waals surface area contributed by atoms with Crippen molar-refractivity contribution in [3.63, 3.8) is 0 Å². The van der Waals surface area contributed by atoms with E-state index in [4.69, 9.17) is 20.1 Å². The predicted octanol–water partition coefficient (Wildman–Crippen LogP) is -0.696. The highest BCUT2D eigenvalue weighted by Crippen LogP contribution is 1.93. The van der Waals surface area contributed by atoms with Crippen molar-refractivity contribution in [2.75, 3.05) is 27.8 Å². The van der Waals surface area contributed by atoms with E-state index in [2.05, 4.69) is 4.74 Å². The van der Waals surface area contributed by atoms with Gasteiger partial charge in [-0.1, -0.05) is 0 Å². The molecule has 0 fully saturated rings. The quantitative estimate of drug-likeness (QED) is 0.528. The number of hydrogen-bond acceptors (Lipinski definition) is 5. The van der Waals surface area contributed by atoms with E-state index in [9.17, 15) is 4.79 Å². The van der Waals surface area contributed by atoms with Gasteiger partial charge in [-0.05, 0) is 14.1 Å². The fraction of sp³-hybridized carbons (Fsp3) is 0.714. The topological polar surface area (TPSA) is 107 Å². The fourth-order valence-corrected chi connectivity index (χ4v) is 0.585. The maximum atomic E-state index is 10.8. The first kappa shape index (κ1) is 15.1. The van der Waals surface area contributed by atoms with Gasteiger partial charge in [0, 0.05) is 0 Å². The van der Waals surface area contributed by atoms with Crippen molar-refractivity contribution in [1.82, 2.24) is 4.90 Å². The molecule has 0 aromatic carbocycles. The molecule has 0 unspecified atom stereocenters. The molecule has 0 aliphatic rings. The Hall–Kier alpha value is -1.34. The van der Waals surface area contributed by atoms with Crippen LogP contribution in [0.2, 0.25) is 0 Å². The number of esters is 1. The number of methoxy groups -OCH3 is 1. The van der Waals surface area contributed by atoms with Crippen LogP contribution in [-0.4, -0.2) is 66.2 Å². The third kappa shape index (κ3) is 8.75. The minimum Gasteiger partial charge on any atom is -0.468 e. The molecule has 7 heteroatoms. The number of nitrogens with zero attached hydrogens (tertiary/aromatic N) is 1. The second-order valence-corrected chi connectivity index (χ2v) is 2.47. The predicted molar refractivity (Wildman–Crippen MR) is 47.2 cm³/mol. The Morgan fingerprint density at radius 2 is 1.71 bits per heavy atom. The van der Waals surface area contributed by atoms with Crippen molar-refractivity contribution in [2.45, 2.75) is 6.04 Å². The lowest BCUT2D eigenvalue weighted by atomic mass is 10.3. The maximum absolute atomic E-state index is 10.8. The van der Waals surface area contributed by atoms with Crippen LogP contribution < -0.4 is 0 Å². The second kappa shape index (κ2) is 8.27. The monoisotopic (exact) mass is 209 g/mol. The molecule has 3 N–H and O–H groups in total. The largest absolute Gasteiger partial charge is 0.503 e. The summed E-state index contributed by atoms with van der Waals surface area (Å²) in [7, 11) is 4.71. The first-order valence-electron chi connectivity index (χ1n) is 3.63. The van der Waals surface area contributed by atoms with Crippen molar-refractivity contribution in [3.05, 3.63) is 0 Å². The Morgan fingerprint density at radius 1 is 1.36 bits per heavy atom. The van der Waals surface area contributed by atoms with Gasteiger partial charge < -0.3 is 20.1 Å². The van der Waals surface area contributed by atoms with Gasteiger partial charge >= 0.3 is 12.1 Å². The molecular formula is C7H15NO6. The molecule has 14 heavy (non-hydrogen) atoms. The molecule has 0 aliphatic carbocycles. The number of aliphatic hydroxyl groups is 1. The number of ether oxygens (including phenoxy) is 1. The third-order valence-electron chi connectivity index (χ3n) is 1.27. The summed E-state index contributed by atoms with van der Waals surface area (Å²) < 4.78 is 4.42. The summed E-state index contributed by atoms with van der Waals surface area (Å²) in [5.41, 5.74) is 0. The van der Waals surface area contributed by atoms with Gasteiger partial charge in [-0.15, -0.1) is 0 Å². The molecule has 0 aromatic heterocycles. The number of carbonyl (C=O) groups excluding carboxylic acids is 1. The summed E-state index contributed by atoms with van der Waals surface area (Å²) in [5, 5.41) is 22.6. The molecule has 1 atom stereocenters. The minimum absolute atomic E-state index is 0.209. The van der Waals surface area contributed by atoms with Gasteiger partial charge in [0.05, 0.1) is 13.7 Å². The Morgan fingerprint density at radius 3 is 1.79 bits per heavy atom. The van der Waals surface area contributed by atoms with Crippen LogP contribution in [0.1, 0.15) is 0 Å². The molecule has 0 heterocycles. The highest BCUT2D eigenvalue weighted by atomic mass is 16.6. The third-order valence-corrected chi connectivity index (χ3v) is 1.27. The lowest BCUT2D eigenvalue weighted by Gasteiger charge is -2.18. The SMILES string of the molecule is COC(=O)[C@H](CO)N(C)C.O=C(O)O. The van der Waals surface area contributed by atoms with E-state index in [-0.39, 0.29) is 6.61 Å². The number of aliphatic hydroxyl groups excluding tert-OH is 1. The summed E-state index contributed by atoms with van der Waals surface area (Å²) in [5.74, 6) is -0.410. The molecule has 0 rings (SSSR count). The van der Waals surface area contributed by atoms with Crippen LogP contribution in [0.15, 0.2) is 0 Å². The first-order chi connectivity index (χ1) is 6.36. The lowest BCUT2D eigenvalue weighted by Crippen LogP contribution is -2.39. The van der Waals surface area contributed by atoms with Gasteiger partial charge in [-0.3, -0.25) is 9.69 Å². The average Bonchev–Trinajstić information content (AvgIpc) is 2.03. The molecular weight excluding hydrogens is 194 g/mol. The van der Waals surface area contributed by atoms with Crippen LogP contribution in [0.3, 0.4) is 0 Å². The maximum Gasteiger partial charge on any atom is 0.503 e. The molecule has 0 amide bonds.